The molecule has 2 N–H and O–H groups in total. The number of pyridine rings is 1. The SMILES string of the molecule is FC(F)(F)c1cc(NCC2(n3ccc(C(F)(F)F)n3)CNC2)c2cc(Cl)ccc2n1. The van der Waals surface area contributed by atoms with Crippen molar-refractivity contribution in [3.05, 3.63) is 52.9 Å². The van der Waals surface area contributed by atoms with Gasteiger partial charge in [0.25, 0.3) is 0 Å². The molecule has 12 heteroatoms. The quantitative estimate of drug-likeness (QED) is 0.575. The Labute approximate surface area is 171 Å². The van der Waals surface area contributed by atoms with Crippen LogP contribution in [0.1, 0.15) is 11.4 Å². The molecule has 0 saturated carbocycles. The van der Waals surface area contributed by atoms with Gasteiger partial charge in [0.15, 0.2) is 5.69 Å². The highest BCUT2D eigenvalue weighted by atomic mass is 35.5. The molecule has 1 saturated heterocycles. The largest absolute Gasteiger partial charge is 0.435 e. The monoisotopic (exact) mass is 449 g/mol. The van der Waals surface area contributed by atoms with Crippen molar-refractivity contribution in [1.82, 2.24) is 20.1 Å². The number of hydrogen-bond acceptors (Lipinski definition) is 4. The first-order valence-electron chi connectivity index (χ1n) is 8.73. The predicted octanol–water partition coefficient (Wildman–Crippen LogP) is 4.53. The Bertz CT molecular complexity index is 1090. The number of alkyl halides is 6. The average Bonchev–Trinajstić information content (AvgIpc) is 3.10. The van der Waals surface area contributed by atoms with Gasteiger partial charge in [0.1, 0.15) is 11.2 Å². The Morgan fingerprint density at radius 3 is 2.30 bits per heavy atom. The first-order valence-corrected chi connectivity index (χ1v) is 9.11. The number of anilines is 1. The standard InChI is InChI=1S/C18H14ClF6N5/c19-10-1-2-12-11(5-10)13(6-15(28-12)18(23,24)25)27-9-16(7-26-8-16)30-4-3-14(29-30)17(20,21)22/h1-6,26H,7-9H2,(H,27,28). The van der Waals surface area contributed by atoms with E-state index >= 15 is 0 Å². The minimum atomic E-state index is -4.66. The summed E-state index contributed by atoms with van der Waals surface area (Å²) in [5.74, 6) is 0. The number of rotatable bonds is 4. The molecular formula is C18H14ClF6N5. The van der Waals surface area contributed by atoms with Crippen LogP contribution in [0.3, 0.4) is 0 Å². The average molecular weight is 450 g/mol. The third-order valence-corrected chi connectivity index (χ3v) is 5.18. The Kier molecular flexibility index (Phi) is 4.85. The number of aromatic nitrogens is 3. The van der Waals surface area contributed by atoms with Gasteiger partial charge in [-0.25, -0.2) is 4.98 Å². The van der Waals surface area contributed by atoms with Crippen LogP contribution in [-0.4, -0.2) is 34.4 Å². The number of hydrogen-bond donors (Lipinski definition) is 2. The molecule has 0 aliphatic carbocycles. The summed E-state index contributed by atoms with van der Waals surface area (Å²) in [6, 6.07) is 6.02. The molecule has 4 rings (SSSR count). The van der Waals surface area contributed by atoms with E-state index in [-0.39, 0.29) is 17.7 Å². The molecule has 0 unspecified atom stereocenters. The number of benzene rings is 1. The molecular weight excluding hydrogens is 436 g/mol. The van der Waals surface area contributed by atoms with Crippen LogP contribution in [0.25, 0.3) is 10.9 Å². The van der Waals surface area contributed by atoms with Gasteiger partial charge in [-0.2, -0.15) is 31.4 Å². The van der Waals surface area contributed by atoms with Crippen molar-refractivity contribution >= 4 is 28.2 Å². The Balaban J connectivity index is 1.68. The summed E-state index contributed by atoms with van der Waals surface area (Å²) in [5.41, 5.74) is -2.76. The van der Waals surface area contributed by atoms with Crippen molar-refractivity contribution < 1.29 is 26.3 Å². The van der Waals surface area contributed by atoms with E-state index in [4.69, 9.17) is 11.6 Å². The fourth-order valence-corrected chi connectivity index (χ4v) is 3.44. The molecule has 160 valence electrons. The van der Waals surface area contributed by atoms with Crippen molar-refractivity contribution in [2.24, 2.45) is 0 Å². The van der Waals surface area contributed by atoms with Gasteiger partial charge < -0.3 is 10.6 Å². The lowest BCUT2D eigenvalue weighted by Gasteiger charge is -2.43. The van der Waals surface area contributed by atoms with Crippen molar-refractivity contribution in [3.8, 4) is 0 Å². The van der Waals surface area contributed by atoms with Crippen LogP contribution >= 0.6 is 11.6 Å². The van der Waals surface area contributed by atoms with Crippen LogP contribution in [0.5, 0.6) is 0 Å². The molecule has 2 aromatic heterocycles. The van der Waals surface area contributed by atoms with Crippen LogP contribution in [0.4, 0.5) is 32.0 Å². The molecule has 1 aliphatic rings. The van der Waals surface area contributed by atoms with E-state index in [9.17, 15) is 26.3 Å². The molecule has 0 radical (unpaired) electrons. The number of nitrogens with zero attached hydrogens (tertiary/aromatic N) is 3. The second-order valence-corrected chi connectivity index (χ2v) is 7.48. The van der Waals surface area contributed by atoms with Crippen molar-refractivity contribution in [2.75, 3.05) is 25.0 Å². The Morgan fingerprint density at radius 1 is 1.03 bits per heavy atom. The summed E-state index contributed by atoms with van der Waals surface area (Å²) in [6.45, 7) is 0.644. The smallest absolute Gasteiger partial charge is 0.382 e. The van der Waals surface area contributed by atoms with Gasteiger partial charge >= 0.3 is 12.4 Å². The van der Waals surface area contributed by atoms with E-state index < -0.39 is 29.3 Å². The fraction of sp³-hybridized carbons (Fsp3) is 0.333. The van der Waals surface area contributed by atoms with Gasteiger partial charge in [0, 0.05) is 41.9 Å². The maximum Gasteiger partial charge on any atom is 0.435 e. The van der Waals surface area contributed by atoms with E-state index in [1.807, 2.05) is 0 Å². The summed E-state index contributed by atoms with van der Waals surface area (Å²) < 4.78 is 79.7. The number of halogens is 7. The van der Waals surface area contributed by atoms with Gasteiger partial charge in [-0.15, -0.1) is 0 Å². The van der Waals surface area contributed by atoms with Gasteiger partial charge in [0.2, 0.25) is 0 Å². The molecule has 3 aromatic rings. The highest BCUT2D eigenvalue weighted by Gasteiger charge is 2.42. The Hall–Kier alpha value is -2.53. The van der Waals surface area contributed by atoms with Crippen LogP contribution in [0, 0.1) is 0 Å². The van der Waals surface area contributed by atoms with Gasteiger partial charge in [-0.1, -0.05) is 11.6 Å². The first kappa shape index (κ1) is 20.7. The number of fused-ring (bicyclic) bond motifs is 1. The second-order valence-electron chi connectivity index (χ2n) is 7.04. The van der Waals surface area contributed by atoms with E-state index in [0.29, 0.717) is 23.5 Å². The van der Waals surface area contributed by atoms with Crippen molar-refractivity contribution in [3.63, 3.8) is 0 Å². The van der Waals surface area contributed by atoms with E-state index in [0.717, 1.165) is 12.1 Å². The van der Waals surface area contributed by atoms with Crippen molar-refractivity contribution in [2.45, 2.75) is 17.9 Å². The molecule has 0 bridgehead atoms. The maximum absolute atomic E-state index is 13.3. The van der Waals surface area contributed by atoms with Crippen LogP contribution in [0.15, 0.2) is 36.5 Å². The molecule has 1 fully saturated rings. The second kappa shape index (κ2) is 7.02. The lowest BCUT2D eigenvalue weighted by atomic mass is 9.92. The molecule has 5 nitrogen and oxygen atoms in total. The molecule has 30 heavy (non-hydrogen) atoms. The molecule has 1 aromatic carbocycles. The minimum absolute atomic E-state index is 0.0436. The van der Waals surface area contributed by atoms with Crippen molar-refractivity contribution in [1.29, 1.82) is 0 Å². The summed E-state index contributed by atoms with van der Waals surface area (Å²) >= 11 is 5.98. The maximum atomic E-state index is 13.3. The van der Waals surface area contributed by atoms with Gasteiger partial charge in [-0.3, -0.25) is 4.68 Å². The van der Waals surface area contributed by atoms with E-state index in [1.54, 1.807) is 0 Å². The van der Waals surface area contributed by atoms with E-state index in [1.165, 1.54) is 29.1 Å². The molecule has 0 spiro atoms. The zero-order valence-corrected chi connectivity index (χ0v) is 15.8. The fourth-order valence-electron chi connectivity index (χ4n) is 3.27. The lowest BCUT2D eigenvalue weighted by molar-refractivity contribution is -0.142. The third kappa shape index (κ3) is 3.79. The molecule has 1 aliphatic heterocycles. The van der Waals surface area contributed by atoms with Crippen LogP contribution in [0.2, 0.25) is 5.02 Å². The minimum Gasteiger partial charge on any atom is -0.382 e. The zero-order chi connectivity index (χ0) is 21.7. The summed E-state index contributed by atoms with van der Waals surface area (Å²) in [6.07, 6.45) is -8.03. The van der Waals surface area contributed by atoms with E-state index in [2.05, 4.69) is 20.7 Å². The number of nitrogens with one attached hydrogen (secondary N) is 2. The molecule has 3 heterocycles. The van der Waals surface area contributed by atoms with Gasteiger partial charge in [0.05, 0.1) is 5.52 Å². The topological polar surface area (TPSA) is 54.8 Å². The highest BCUT2D eigenvalue weighted by Crippen LogP contribution is 2.35. The normalized spacial score (nSPS) is 16.5. The van der Waals surface area contributed by atoms with Crippen LogP contribution < -0.4 is 10.6 Å². The first-order chi connectivity index (χ1) is 14.0. The third-order valence-electron chi connectivity index (χ3n) is 4.94. The van der Waals surface area contributed by atoms with Crippen LogP contribution in [-0.2, 0) is 17.9 Å². The summed E-state index contributed by atoms with van der Waals surface area (Å²) in [7, 11) is 0. The summed E-state index contributed by atoms with van der Waals surface area (Å²) in [5, 5.41) is 10.2. The molecule has 0 atom stereocenters. The zero-order valence-electron chi connectivity index (χ0n) is 15.1. The summed E-state index contributed by atoms with van der Waals surface area (Å²) in [4.78, 5) is 3.64. The highest BCUT2D eigenvalue weighted by molar-refractivity contribution is 6.31. The lowest BCUT2D eigenvalue weighted by Crippen LogP contribution is -2.64. The predicted molar refractivity (Wildman–Crippen MR) is 98.3 cm³/mol. The molecule has 0 amide bonds. The Morgan fingerprint density at radius 2 is 1.73 bits per heavy atom. The van der Waals surface area contributed by atoms with Gasteiger partial charge in [-0.05, 0) is 30.3 Å².